The Balaban J connectivity index is 2.42. The van der Waals surface area contributed by atoms with E-state index in [1.807, 2.05) is 13.8 Å². The van der Waals surface area contributed by atoms with Crippen molar-refractivity contribution in [1.29, 1.82) is 0 Å². The number of halogens is 3. The number of hydrogen-bond donors (Lipinski definition) is 0. The van der Waals surface area contributed by atoms with E-state index in [0.29, 0.717) is 0 Å². The van der Waals surface area contributed by atoms with Gasteiger partial charge < -0.3 is 4.42 Å². The molecule has 0 radical (unpaired) electrons. The van der Waals surface area contributed by atoms with Crippen molar-refractivity contribution in [2.45, 2.75) is 18.7 Å². The molecule has 1 nitrogen and oxygen atoms in total. The molecule has 2 aromatic rings. The number of furan rings is 1. The highest BCUT2D eigenvalue weighted by atomic mass is 79.9. The van der Waals surface area contributed by atoms with Crippen LogP contribution in [0.3, 0.4) is 0 Å². The molecule has 0 bridgehead atoms. The number of rotatable bonds is 2. The van der Waals surface area contributed by atoms with Crippen LogP contribution in [-0.2, 0) is 0 Å². The molecule has 2 heterocycles. The third kappa shape index (κ3) is 2.47. The Morgan fingerprint density at radius 2 is 1.88 bits per heavy atom. The maximum absolute atomic E-state index is 5.55. The van der Waals surface area contributed by atoms with Crippen LogP contribution in [0, 0.1) is 13.8 Å². The molecule has 16 heavy (non-hydrogen) atoms. The van der Waals surface area contributed by atoms with Crippen molar-refractivity contribution in [2.24, 2.45) is 0 Å². The molecule has 0 aliphatic carbocycles. The minimum absolute atomic E-state index is 0.168. The fourth-order valence-electron chi connectivity index (χ4n) is 1.60. The fourth-order valence-corrected chi connectivity index (χ4v) is 5.77. The van der Waals surface area contributed by atoms with Crippen molar-refractivity contribution >= 4 is 59.1 Å². The van der Waals surface area contributed by atoms with Crippen molar-refractivity contribution in [3.05, 3.63) is 42.4 Å². The smallest absolute Gasteiger partial charge is 0.105 e. The van der Waals surface area contributed by atoms with Gasteiger partial charge in [0, 0.05) is 5.56 Å². The van der Waals surface area contributed by atoms with E-state index in [1.165, 1.54) is 11.1 Å². The summed E-state index contributed by atoms with van der Waals surface area (Å²) in [5.41, 5.74) is 2.41. The van der Waals surface area contributed by atoms with E-state index in [4.69, 9.17) is 4.42 Å². The minimum atomic E-state index is 0.168. The van der Waals surface area contributed by atoms with Crippen LogP contribution < -0.4 is 0 Å². The molecular weight excluding hydrogens is 420 g/mol. The van der Waals surface area contributed by atoms with Crippen LogP contribution in [-0.4, -0.2) is 0 Å². The number of aryl methyl sites for hydroxylation is 2. The van der Waals surface area contributed by atoms with Crippen LogP contribution in [0.25, 0.3) is 0 Å². The lowest BCUT2D eigenvalue weighted by atomic mass is 10.1. The van der Waals surface area contributed by atoms with E-state index in [9.17, 15) is 0 Å². The van der Waals surface area contributed by atoms with Gasteiger partial charge in [0.2, 0.25) is 0 Å². The van der Waals surface area contributed by atoms with Crippen molar-refractivity contribution in [1.82, 2.24) is 0 Å². The maximum Gasteiger partial charge on any atom is 0.105 e. The minimum Gasteiger partial charge on any atom is -0.466 e. The second-order valence-corrected chi connectivity index (χ2v) is 8.18. The molecule has 0 saturated carbocycles. The van der Waals surface area contributed by atoms with Crippen LogP contribution in [0.5, 0.6) is 0 Å². The second-order valence-electron chi connectivity index (χ2n) is 3.51. The zero-order valence-corrected chi connectivity index (χ0v) is 14.3. The van der Waals surface area contributed by atoms with E-state index >= 15 is 0 Å². The van der Waals surface area contributed by atoms with Gasteiger partial charge in [0.05, 0.1) is 12.4 Å². The summed E-state index contributed by atoms with van der Waals surface area (Å²) in [6, 6.07) is 4.20. The third-order valence-electron chi connectivity index (χ3n) is 2.31. The van der Waals surface area contributed by atoms with E-state index in [2.05, 4.69) is 59.9 Å². The Labute approximate surface area is 124 Å². The standard InChI is InChI=1S/C11H9Br3OS/c1-5-3-7(6(2)15-5)10(13)8-4-9(12)16-11(8)14/h3-4,10H,1-2H3. The molecule has 0 fully saturated rings. The summed E-state index contributed by atoms with van der Waals surface area (Å²) >= 11 is 12.5. The van der Waals surface area contributed by atoms with Crippen molar-refractivity contribution in [2.75, 3.05) is 0 Å². The molecule has 1 unspecified atom stereocenters. The number of alkyl halides is 1. The van der Waals surface area contributed by atoms with Crippen molar-refractivity contribution < 1.29 is 4.42 Å². The maximum atomic E-state index is 5.55. The zero-order chi connectivity index (χ0) is 11.9. The van der Waals surface area contributed by atoms with Gasteiger partial charge in [-0.15, -0.1) is 11.3 Å². The lowest BCUT2D eigenvalue weighted by Gasteiger charge is -2.07. The number of thiophene rings is 1. The molecule has 0 aromatic carbocycles. The highest BCUT2D eigenvalue weighted by molar-refractivity contribution is 9.12. The molecule has 5 heteroatoms. The van der Waals surface area contributed by atoms with Gasteiger partial charge in [0.1, 0.15) is 11.5 Å². The van der Waals surface area contributed by atoms with Gasteiger partial charge in [0.25, 0.3) is 0 Å². The van der Waals surface area contributed by atoms with Crippen LogP contribution in [0.1, 0.15) is 27.5 Å². The number of hydrogen-bond acceptors (Lipinski definition) is 2. The Hall–Kier alpha value is 0.420. The predicted octanol–water partition coefficient (Wildman–Crippen LogP) is 5.97. The zero-order valence-electron chi connectivity index (χ0n) is 8.68. The molecule has 0 spiro atoms. The first-order valence-corrected chi connectivity index (χ1v) is 7.96. The Bertz CT molecular complexity index is 469. The lowest BCUT2D eigenvalue weighted by molar-refractivity contribution is 0.502. The quantitative estimate of drug-likeness (QED) is 0.537. The average Bonchev–Trinajstić information content (AvgIpc) is 2.68. The van der Waals surface area contributed by atoms with Crippen LogP contribution in [0.15, 0.2) is 24.1 Å². The molecule has 0 N–H and O–H groups in total. The van der Waals surface area contributed by atoms with Gasteiger partial charge in [-0.05, 0) is 63.4 Å². The SMILES string of the molecule is Cc1cc(C(Br)c2cc(Br)sc2Br)c(C)o1. The summed E-state index contributed by atoms with van der Waals surface area (Å²) in [6.45, 7) is 3.96. The highest BCUT2D eigenvalue weighted by Crippen LogP contribution is 2.43. The highest BCUT2D eigenvalue weighted by Gasteiger charge is 2.20. The molecule has 0 amide bonds. The molecule has 2 rings (SSSR count). The first kappa shape index (κ1) is 12.9. The van der Waals surface area contributed by atoms with Gasteiger partial charge >= 0.3 is 0 Å². The van der Waals surface area contributed by atoms with E-state index in [-0.39, 0.29) is 4.83 Å². The monoisotopic (exact) mass is 426 g/mol. The van der Waals surface area contributed by atoms with Crippen molar-refractivity contribution in [3.63, 3.8) is 0 Å². The van der Waals surface area contributed by atoms with Gasteiger partial charge in [-0.25, -0.2) is 0 Å². The van der Waals surface area contributed by atoms with Gasteiger partial charge in [-0.2, -0.15) is 0 Å². The van der Waals surface area contributed by atoms with E-state index in [0.717, 1.165) is 19.1 Å². The van der Waals surface area contributed by atoms with Gasteiger partial charge in [0.15, 0.2) is 0 Å². The second kappa shape index (κ2) is 4.96. The van der Waals surface area contributed by atoms with Crippen LogP contribution in [0.4, 0.5) is 0 Å². The molecule has 0 aliphatic heterocycles. The van der Waals surface area contributed by atoms with Gasteiger partial charge in [-0.1, -0.05) is 15.9 Å². The molecule has 86 valence electrons. The first-order chi connectivity index (χ1) is 7.49. The summed E-state index contributed by atoms with van der Waals surface area (Å²) in [5.74, 6) is 1.91. The average molecular weight is 429 g/mol. The largest absolute Gasteiger partial charge is 0.466 e. The predicted molar refractivity (Wildman–Crippen MR) is 78.7 cm³/mol. The lowest BCUT2D eigenvalue weighted by Crippen LogP contribution is -1.91. The summed E-state index contributed by atoms with van der Waals surface area (Å²) < 4.78 is 7.81. The molecule has 0 aliphatic rings. The van der Waals surface area contributed by atoms with Crippen LogP contribution in [0.2, 0.25) is 0 Å². The molecular formula is C11H9Br3OS. The topological polar surface area (TPSA) is 13.1 Å². The Morgan fingerprint density at radius 1 is 1.19 bits per heavy atom. The normalized spacial score (nSPS) is 13.1. The summed E-state index contributed by atoms with van der Waals surface area (Å²) in [7, 11) is 0. The summed E-state index contributed by atoms with van der Waals surface area (Å²) in [5, 5.41) is 0. The fraction of sp³-hybridized carbons (Fsp3) is 0.273. The molecule has 0 saturated heterocycles. The summed E-state index contributed by atoms with van der Waals surface area (Å²) in [4.78, 5) is 0.168. The van der Waals surface area contributed by atoms with E-state index in [1.54, 1.807) is 11.3 Å². The van der Waals surface area contributed by atoms with Crippen molar-refractivity contribution in [3.8, 4) is 0 Å². The third-order valence-corrected chi connectivity index (χ3v) is 5.68. The Kier molecular flexibility index (Phi) is 3.99. The first-order valence-electron chi connectivity index (χ1n) is 4.64. The Morgan fingerprint density at radius 3 is 2.31 bits per heavy atom. The summed E-state index contributed by atoms with van der Waals surface area (Å²) in [6.07, 6.45) is 0. The van der Waals surface area contributed by atoms with Gasteiger partial charge in [-0.3, -0.25) is 0 Å². The van der Waals surface area contributed by atoms with Crippen LogP contribution >= 0.6 is 59.1 Å². The molecule has 2 aromatic heterocycles. The molecule has 1 atom stereocenters. The van der Waals surface area contributed by atoms with E-state index < -0.39 is 0 Å².